The van der Waals surface area contributed by atoms with Crippen LogP contribution in [-0.2, 0) is 20.9 Å². The summed E-state index contributed by atoms with van der Waals surface area (Å²) in [5, 5.41) is 46.8. The van der Waals surface area contributed by atoms with Crippen LogP contribution >= 0.6 is 23.2 Å². The number of benzene rings is 4. The first-order chi connectivity index (χ1) is 38.8. The molecule has 4 aliphatic rings. The SMILES string of the molecule is CO[C@@H](C)COc1nc(N2C[C@@H]3C[C@H]2CN3)c2cc(C3CC3)c(-c3c(Cl)c(Cl)cc4[nH]ncc34)c(OCc3ccc(-c4cn([C@H](C(=O)N5C[C@H](O)C[C@H]5C(=O)N[C@@H](CO)c5ccc(-c6ccncc6)cc5)C(C)C)nn4)cc3)c2n1. The lowest BCUT2D eigenvalue weighted by Crippen LogP contribution is -2.50. The highest BCUT2D eigenvalue weighted by molar-refractivity contribution is 6.45. The van der Waals surface area contributed by atoms with E-state index in [9.17, 15) is 19.8 Å². The van der Waals surface area contributed by atoms with Crippen LogP contribution in [0.15, 0.2) is 97.6 Å². The van der Waals surface area contributed by atoms with Crippen molar-refractivity contribution in [2.75, 3.05) is 44.9 Å². The summed E-state index contributed by atoms with van der Waals surface area (Å²) >= 11 is 14.2. The Kier molecular flexibility index (Phi) is 14.9. The molecule has 8 aromatic rings. The Hall–Kier alpha value is -7.26. The first-order valence-corrected chi connectivity index (χ1v) is 28.0. The van der Waals surface area contributed by atoms with E-state index in [1.54, 1.807) is 38.0 Å². The Balaban J connectivity index is 0.823. The number of hydrogen-bond donors (Lipinski definition) is 5. The van der Waals surface area contributed by atoms with Gasteiger partial charge in [0.05, 0.1) is 52.8 Å². The fourth-order valence-electron chi connectivity index (χ4n) is 11.6. The largest absolute Gasteiger partial charge is 0.486 e. The number of nitrogens with zero attached hydrogens (tertiary/aromatic N) is 9. The number of aromatic nitrogens is 8. The molecular weight excluding hydrogens is 1060 g/mol. The predicted molar refractivity (Wildman–Crippen MR) is 304 cm³/mol. The quantitative estimate of drug-likeness (QED) is 0.0514. The molecule has 21 heteroatoms. The number of aliphatic hydroxyl groups excluding tert-OH is 2. The van der Waals surface area contributed by atoms with E-state index in [0.29, 0.717) is 44.2 Å². The van der Waals surface area contributed by atoms with Crippen molar-refractivity contribution in [3.63, 3.8) is 0 Å². The first-order valence-electron chi connectivity index (χ1n) is 27.2. The molecule has 4 fully saturated rings. The van der Waals surface area contributed by atoms with Crippen LogP contribution in [-0.4, -0.2) is 137 Å². The third-order valence-electron chi connectivity index (χ3n) is 16.0. The topological polar surface area (TPSA) is 231 Å². The highest BCUT2D eigenvalue weighted by Gasteiger charge is 2.44. The molecule has 0 spiro atoms. The van der Waals surface area contributed by atoms with E-state index in [-0.39, 0.29) is 68.7 Å². The smallest absolute Gasteiger partial charge is 0.319 e. The van der Waals surface area contributed by atoms with Gasteiger partial charge in [-0.25, -0.2) is 4.68 Å². The van der Waals surface area contributed by atoms with E-state index in [1.807, 2.05) is 81.4 Å². The lowest BCUT2D eigenvalue weighted by molar-refractivity contribution is -0.142. The van der Waals surface area contributed by atoms with Crippen molar-refractivity contribution in [1.29, 1.82) is 0 Å². The van der Waals surface area contributed by atoms with Gasteiger partial charge in [0.25, 0.3) is 0 Å². The van der Waals surface area contributed by atoms with Crippen molar-refractivity contribution in [3.8, 4) is 45.3 Å². The maximum atomic E-state index is 14.6. The van der Waals surface area contributed by atoms with Gasteiger partial charge in [-0.3, -0.25) is 19.7 Å². The van der Waals surface area contributed by atoms with Gasteiger partial charge in [0, 0.05) is 85.1 Å². The molecule has 3 saturated heterocycles. The lowest BCUT2D eigenvalue weighted by atomic mass is 9.91. The average Bonchev–Trinajstić information content (AvgIpc) is 3.64. The van der Waals surface area contributed by atoms with Crippen molar-refractivity contribution < 1.29 is 34.0 Å². The Morgan fingerprint density at radius 1 is 0.900 bits per heavy atom. The molecule has 19 nitrogen and oxygen atoms in total. The van der Waals surface area contributed by atoms with Crippen LogP contribution in [0.25, 0.3) is 55.3 Å². The number of pyridine rings is 1. The predicted octanol–water partition coefficient (Wildman–Crippen LogP) is 8.23. The molecule has 414 valence electrons. The number of carbonyl (C=O) groups is 2. The van der Waals surface area contributed by atoms with Gasteiger partial charge >= 0.3 is 6.01 Å². The van der Waals surface area contributed by atoms with Gasteiger partial charge in [0.1, 0.15) is 42.3 Å². The molecule has 2 bridgehead atoms. The van der Waals surface area contributed by atoms with E-state index in [0.717, 1.165) is 87.8 Å². The highest BCUT2D eigenvalue weighted by atomic mass is 35.5. The number of aromatic amines is 1. The van der Waals surface area contributed by atoms with Crippen molar-refractivity contribution in [2.45, 2.75) is 101 Å². The number of piperazine rings is 1. The molecule has 4 aromatic carbocycles. The summed E-state index contributed by atoms with van der Waals surface area (Å²) in [6.45, 7) is 7.37. The molecule has 80 heavy (non-hydrogen) atoms. The van der Waals surface area contributed by atoms with Crippen molar-refractivity contribution in [1.82, 2.24) is 55.7 Å². The van der Waals surface area contributed by atoms with Crippen molar-refractivity contribution in [3.05, 3.63) is 124 Å². The molecule has 0 unspecified atom stereocenters. The number of carbonyl (C=O) groups excluding carboxylic acids is 2. The summed E-state index contributed by atoms with van der Waals surface area (Å²) < 4.78 is 20.5. The summed E-state index contributed by atoms with van der Waals surface area (Å²) in [5.41, 5.74) is 8.64. The molecule has 1 aliphatic carbocycles. The molecule has 7 heterocycles. The van der Waals surface area contributed by atoms with Crippen LogP contribution in [0.5, 0.6) is 11.8 Å². The summed E-state index contributed by atoms with van der Waals surface area (Å²) in [6.07, 6.45) is 8.83. The molecule has 4 aromatic heterocycles. The van der Waals surface area contributed by atoms with E-state index < -0.39 is 30.1 Å². The van der Waals surface area contributed by atoms with Gasteiger partial charge in [-0.1, -0.05) is 90.8 Å². The van der Waals surface area contributed by atoms with Crippen molar-refractivity contribution in [2.24, 2.45) is 5.92 Å². The van der Waals surface area contributed by atoms with Gasteiger partial charge in [-0.05, 0) is 90.1 Å². The number of rotatable bonds is 19. The molecule has 7 atom stereocenters. The molecular formula is C59H62Cl2N12O7. The Morgan fingerprint density at radius 3 is 2.36 bits per heavy atom. The van der Waals surface area contributed by atoms with Crippen LogP contribution in [0.4, 0.5) is 5.82 Å². The molecule has 3 aliphatic heterocycles. The standard InChI is InChI=1S/C59H62Cl2N12O7/c1-31(2)54(58(77)72-26-41(75)20-49(72)57(76)65-48(28-74)38-13-9-34(10-14-38)35-15-17-62-18-16-35)73-27-47(69-70-73)37-7-5-33(6-8-37)30-79-55-51(50-44-24-64-68-46(44)22-45(60)52(50)61)42(36-11-12-36)21-43-53(55)66-59(80-29-32(3)78-4)67-56(43)71-25-39-19-40(71)23-63-39/h5-10,13-18,21-22,24,27,31-32,36,39-41,48-49,54,63,74-75H,11-12,19-20,23,25-26,28-30H2,1-4H3,(H,64,68)(H,65,76)/t32-,39-,40-,41+,48-,49-,54-/m0/s1. The minimum Gasteiger partial charge on any atom is -0.486 e. The average molecular weight is 1120 g/mol. The van der Waals surface area contributed by atoms with E-state index in [4.69, 9.17) is 47.4 Å². The zero-order valence-electron chi connectivity index (χ0n) is 44.7. The third kappa shape index (κ3) is 10.4. The Morgan fingerprint density at radius 2 is 1.66 bits per heavy atom. The van der Waals surface area contributed by atoms with Crippen LogP contribution in [0, 0.1) is 5.92 Å². The number of fused-ring (bicyclic) bond motifs is 4. The fourth-order valence-corrected chi connectivity index (χ4v) is 12.0. The third-order valence-corrected chi connectivity index (χ3v) is 16.8. The second kappa shape index (κ2) is 22.3. The zero-order chi connectivity index (χ0) is 55.3. The maximum Gasteiger partial charge on any atom is 0.319 e. The fraction of sp³-hybridized carbons (Fsp3) is 0.390. The number of anilines is 1. The van der Waals surface area contributed by atoms with Gasteiger partial charge < -0.3 is 44.9 Å². The van der Waals surface area contributed by atoms with Crippen LogP contribution in [0.2, 0.25) is 10.0 Å². The van der Waals surface area contributed by atoms with E-state index in [2.05, 4.69) is 47.1 Å². The zero-order valence-corrected chi connectivity index (χ0v) is 46.2. The monoisotopic (exact) mass is 1120 g/mol. The van der Waals surface area contributed by atoms with Gasteiger partial charge in [-0.15, -0.1) is 5.10 Å². The Bertz CT molecular complexity index is 3580. The molecule has 12 rings (SSSR count). The summed E-state index contributed by atoms with van der Waals surface area (Å²) in [6, 6.07) is 21.4. The maximum absolute atomic E-state index is 14.6. The number of halogens is 2. The Labute approximate surface area is 472 Å². The van der Waals surface area contributed by atoms with Gasteiger partial charge in [0.2, 0.25) is 11.8 Å². The number of nitrogens with one attached hydrogen (secondary N) is 3. The highest BCUT2D eigenvalue weighted by Crippen LogP contribution is 2.55. The number of hydrogen-bond acceptors (Lipinski definition) is 15. The number of H-pyrrole nitrogens is 1. The molecule has 1 saturated carbocycles. The second-order valence-electron chi connectivity index (χ2n) is 21.8. The van der Waals surface area contributed by atoms with Gasteiger partial charge in [0.15, 0.2) is 5.75 Å². The second-order valence-corrected chi connectivity index (χ2v) is 22.6. The lowest BCUT2D eigenvalue weighted by Gasteiger charge is -2.30. The molecule has 5 N–H and O–H groups in total. The van der Waals surface area contributed by atoms with Crippen molar-refractivity contribution >= 4 is 62.6 Å². The number of ether oxygens (including phenoxy) is 3. The number of methoxy groups -OCH3 is 1. The minimum absolute atomic E-state index is 0.0363. The van der Waals surface area contributed by atoms with E-state index in [1.165, 1.54) is 9.58 Å². The van der Waals surface area contributed by atoms with Crippen LogP contribution in [0.3, 0.4) is 0 Å². The normalized spacial score (nSPS) is 20.0. The summed E-state index contributed by atoms with van der Waals surface area (Å²) in [4.78, 5) is 46.8. The minimum atomic E-state index is -0.978. The van der Waals surface area contributed by atoms with Crippen LogP contribution < -0.4 is 25.0 Å². The van der Waals surface area contributed by atoms with E-state index >= 15 is 0 Å². The number of β-amino-alcohol motifs (C(OH)–C–C–N with tert-alkyl or cyclic N) is 1. The summed E-state index contributed by atoms with van der Waals surface area (Å²) in [5.74, 6) is 0.427. The summed E-state index contributed by atoms with van der Waals surface area (Å²) in [7, 11) is 1.64. The number of amides is 2. The number of aliphatic hydroxyl groups is 2. The molecule has 0 radical (unpaired) electrons. The first kappa shape index (κ1) is 53.4. The van der Waals surface area contributed by atoms with Crippen LogP contribution in [0.1, 0.15) is 81.1 Å². The number of likely N-dealkylation sites (tertiary alicyclic amines) is 1. The van der Waals surface area contributed by atoms with Gasteiger partial charge in [-0.2, -0.15) is 15.1 Å². The molecule has 2 amide bonds.